The van der Waals surface area contributed by atoms with E-state index in [1.807, 2.05) is 19.1 Å². The molecule has 10 nitrogen and oxygen atoms in total. The van der Waals surface area contributed by atoms with Gasteiger partial charge in [0.25, 0.3) is 5.91 Å². The van der Waals surface area contributed by atoms with E-state index in [-0.39, 0.29) is 54.7 Å². The average molecular weight is 775 g/mol. The molecule has 2 fully saturated rings. The summed E-state index contributed by atoms with van der Waals surface area (Å²) < 4.78 is 64.2. The molecule has 14 heteroatoms. The van der Waals surface area contributed by atoms with Crippen LogP contribution in [-0.2, 0) is 31.2 Å². The lowest BCUT2D eigenvalue weighted by molar-refractivity contribution is -0.171. The number of allylic oxidation sites excluding steroid dienone is 1. The molecule has 2 aromatic rings. The monoisotopic (exact) mass is 774 g/mol. The first-order valence-corrected chi connectivity index (χ1v) is 20.8. The van der Waals surface area contributed by atoms with Gasteiger partial charge in [0.05, 0.1) is 30.3 Å². The number of nitrogens with zero attached hydrogens (tertiary/aromatic N) is 3. The number of halogens is 3. The van der Waals surface area contributed by atoms with E-state index in [1.54, 1.807) is 25.3 Å². The van der Waals surface area contributed by atoms with Gasteiger partial charge in [-0.25, -0.2) is 9.00 Å². The van der Waals surface area contributed by atoms with Crippen molar-refractivity contribution in [3.8, 4) is 5.75 Å². The topological polar surface area (TPSA) is 110 Å². The van der Waals surface area contributed by atoms with Gasteiger partial charge < -0.3 is 24.0 Å². The Morgan fingerprint density at radius 2 is 1.96 bits per heavy atom. The lowest BCUT2D eigenvalue weighted by Crippen LogP contribution is -2.49. The highest BCUT2D eigenvalue weighted by atomic mass is 35.5. The smallest absolute Gasteiger partial charge is 0.345 e. The molecule has 7 rings (SSSR count). The Hall–Kier alpha value is -3.26. The molecule has 3 heterocycles. The predicted molar refractivity (Wildman–Crippen MR) is 200 cm³/mol. The number of carbonyl (C=O) groups excluding carboxylic acids is 2. The fraction of sp³-hybridized carbons (Fsp3) is 0.590. The molecule has 0 aromatic heterocycles. The number of anilines is 1. The Bertz CT molecular complexity index is 1850. The van der Waals surface area contributed by atoms with Crippen LogP contribution in [-0.4, -0.2) is 85.5 Å². The largest absolute Gasteiger partial charge is 0.490 e. The van der Waals surface area contributed by atoms with Crippen molar-refractivity contribution in [2.24, 2.45) is 22.1 Å². The van der Waals surface area contributed by atoms with E-state index in [0.717, 1.165) is 49.4 Å². The molecule has 3 amide bonds. The summed E-state index contributed by atoms with van der Waals surface area (Å²) in [7, 11) is -1.87. The Morgan fingerprint density at radius 1 is 1.15 bits per heavy atom. The number of urea groups is 1. The third-order valence-corrected chi connectivity index (χ3v) is 14.0. The van der Waals surface area contributed by atoms with Gasteiger partial charge in [-0.2, -0.15) is 8.78 Å². The molecular formula is C39H49ClF2N4O6S. The third-order valence-electron chi connectivity index (χ3n) is 11.8. The van der Waals surface area contributed by atoms with E-state index >= 15 is 0 Å². The van der Waals surface area contributed by atoms with Crippen molar-refractivity contribution in [2.75, 3.05) is 50.5 Å². The van der Waals surface area contributed by atoms with Crippen molar-refractivity contribution >= 4 is 39.1 Å². The molecule has 1 saturated heterocycles. The van der Waals surface area contributed by atoms with Gasteiger partial charge in [-0.1, -0.05) is 36.7 Å². The zero-order chi connectivity index (χ0) is 37.3. The van der Waals surface area contributed by atoms with Crippen molar-refractivity contribution in [2.45, 2.75) is 82.5 Å². The highest BCUT2D eigenvalue weighted by Crippen LogP contribution is 2.47. The molecule has 53 heavy (non-hydrogen) atoms. The van der Waals surface area contributed by atoms with E-state index < -0.39 is 34.6 Å². The standard InChI is InChI=1S/C39H49ClF2N4O6S/c1-25-5-3-7-34(50-2)31-11-8-28(31)21-46-23-39(16-4-6-26-19-29(40)10-12-32(26)39)24-51-35-13-9-27(20-33(35)46)36(47)43-53(49,22-25)44-38(48)45-17-14-30(15-18-45)52-37(41)42/h3,7,9-10,12-13,19-20,25,28,30-31,34,37H,4-6,8,11,14-18,21-24H2,1-2H3,(H,43,44,47,48,49)/b7-3-/t25-,28-,31+,34-,39-,53?/m0/s1. The maximum Gasteiger partial charge on any atom is 0.345 e. The van der Waals surface area contributed by atoms with Crippen molar-refractivity contribution in [3.63, 3.8) is 0 Å². The zero-order valence-electron chi connectivity index (χ0n) is 30.3. The number of hydrogen-bond donors (Lipinski definition) is 1. The molecule has 0 radical (unpaired) electrons. The Balaban J connectivity index is 1.23. The van der Waals surface area contributed by atoms with Crippen LogP contribution < -0.4 is 14.4 Å². The molecule has 2 aliphatic carbocycles. The number of aryl methyl sites for hydroxylation is 1. The van der Waals surface area contributed by atoms with Gasteiger partial charge in [0.2, 0.25) is 0 Å². The van der Waals surface area contributed by atoms with Gasteiger partial charge in [-0.05, 0) is 111 Å². The summed E-state index contributed by atoms with van der Waals surface area (Å²) in [5, 5.41) is 0.720. The first-order chi connectivity index (χ1) is 25.4. The molecule has 1 N–H and O–H groups in total. The van der Waals surface area contributed by atoms with Crippen LogP contribution in [0.15, 0.2) is 52.9 Å². The number of rotatable bonds is 4. The maximum atomic E-state index is 14.6. The number of methoxy groups -OCH3 is 1. The second-order valence-corrected chi connectivity index (χ2v) is 17.9. The van der Waals surface area contributed by atoms with Crippen LogP contribution in [0, 0.1) is 17.8 Å². The molecule has 6 atom stereocenters. The minimum Gasteiger partial charge on any atom is -0.490 e. The average Bonchev–Trinajstić information content (AvgIpc) is 3.25. The van der Waals surface area contributed by atoms with Gasteiger partial charge in [0.15, 0.2) is 0 Å². The normalized spacial score (nSPS) is 31.4. The number of likely N-dealkylation sites (tertiary alicyclic amines) is 1. The summed E-state index contributed by atoms with van der Waals surface area (Å²) in [6, 6.07) is 10.7. The molecule has 288 valence electrons. The van der Waals surface area contributed by atoms with Gasteiger partial charge in [0.1, 0.15) is 15.7 Å². The third kappa shape index (κ3) is 8.38. The SMILES string of the molecule is CO[C@H]1/C=C\C[C@H](C)CS(=O)(NC(=O)N2CCC(OC(F)F)CC2)=NC(=O)c2ccc3c(c2)N(C[C@@H]2CC[C@H]21)C[C@@]1(CCCc2cc(Cl)ccc21)CO3. The summed E-state index contributed by atoms with van der Waals surface area (Å²) in [5.41, 5.74) is 3.23. The Labute approximate surface area is 315 Å². The molecular weight excluding hydrogens is 726 g/mol. The van der Waals surface area contributed by atoms with Gasteiger partial charge in [-0.3, -0.25) is 9.52 Å². The molecule has 2 aromatic carbocycles. The van der Waals surface area contributed by atoms with Crippen molar-refractivity contribution in [1.29, 1.82) is 0 Å². The summed E-state index contributed by atoms with van der Waals surface area (Å²) in [4.78, 5) is 31.2. The number of benzene rings is 2. The fourth-order valence-corrected chi connectivity index (χ4v) is 11.0. The number of alkyl halides is 2. The number of hydrogen-bond acceptors (Lipinski definition) is 7. The van der Waals surface area contributed by atoms with Crippen LogP contribution in [0.3, 0.4) is 0 Å². The Morgan fingerprint density at radius 3 is 2.70 bits per heavy atom. The van der Waals surface area contributed by atoms with E-state index in [0.29, 0.717) is 37.2 Å². The van der Waals surface area contributed by atoms with E-state index in [1.165, 1.54) is 16.0 Å². The summed E-state index contributed by atoms with van der Waals surface area (Å²) in [6.45, 7) is 1.21. The van der Waals surface area contributed by atoms with Crippen LogP contribution in [0.5, 0.6) is 5.75 Å². The Kier molecular flexibility index (Phi) is 11.4. The van der Waals surface area contributed by atoms with Crippen molar-refractivity contribution in [1.82, 2.24) is 9.62 Å². The molecule has 2 bridgehead atoms. The zero-order valence-corrected chi connectivity index (χ0v) is 31.9. The first-order valence-electron chi connectivity index (χ1n) is 18.7. The lowest BCUT2D eigenvalue weighted by Gasteiger charge is -2.46. The second kappa shape index (κ2) is 15.8. The van der Waals surface area contributed by atoms with Crippen LogP contribution >= 0.6 is 11.6 Å². The molecule has 1 unspecified atom stereocenters. The van der Waals surface area contributed by atoms with Gasteiger partial charge in [-0.15, -0.1) is 4.36 Å². The van der Waals surface area contributed by atoms with Crippen LogP contribution in [0.25, 0.3) is 0 Å². The highest BCUT2D eigenvalue weighted by Gasteiger charge is 2.44. The molecule has 3 aliphatic heterocycles. The minimum absolute atomic E-state index is 0.0599. The van der Waals surface area contributed by atoms with Crippen LogP contribution in [0.1, 0.15) is 73.4 Å². The number of amides is 3. The quantitative estimate of drug-likeness (QED) is 0.323. The fourth-order valence-electron chi connectivity index (χ4n) is 8.91. The maximum absolute atomic E-state index is 14.6. The lowest BCUT2D eigenvalue weighted by atomic mass is 9.68. The summed E-state index contributed by atoms with van der Waals surface area (Å²) in [6.07, 6.45) is 9.34. The summed E-state index contributed by atoms with van der Waals surface area (Å²) in [5.74, 6) is 0.366. The van der Waals surface area contributed by atoms with E-state index in [4.69, 9.17) is 21.1 Å². The number of carbonyl (C=O) groups is 2. The van der Waals surface area contributed by atoms with Crippen molar-refractivity contribution in [3.05, 3.63) is 70.3 Å². The van der Waals surface area contributed by atoms with Crippen LogP contribution in [0.4, 0.5) is 19.3 Å². The summed E-state index contributed by atoms with van der Waals surface area (Å²) >= 11 is 6.45. The highest BCUT2D eigenvalue weighted by molar-refractivity contribution is 7.92. The number of nitrogens with one attached hydrogen (secondary N) is 1. The first kappa shape index (κ1) is 38.0. The predicted octanol–water partition coefficient (Wildman–Crippen LogP) is 7.39. The molecule has 1 spiro atoms. The van der Waals surface area contributed by atoms with Gasteiger partial charge >= 0.3 is 12.6 Å². The molecule has 1 saturated carbocycles. The van der Waals surface area contributed by atoms with Gasteiger partial charge in [0, 0.05) is 49.3 Å². The number of fused-ring (bicyclic) bond motifs is 4. The van der Waals surface area contributed by atoms with Crippen LogP contribution in [0.2, 0.25) is 5.02 Å². The van der Waals surface area contributed by atoms with E-state index in [2.05, 4.69) is 36.9 Å². The number of piperidine rings is 1. The van der Waals surface area contributed by atoms with E-state index in [9.17, 15) is 22.6 Å². The second-order valence-electron chi connectivity index (χ2n) is 15.5. The van der Waals surface area contributed by atoms with Crippen molar-refractivity contribution < 1.29 is 36.8 Å². The minimum atomic E-state index is -3.61. The number of ether oxygens (including phenoxy) is 3. The molecule has 5 aliphatic rings.